The predicted molar refractivity (Wildman–Crippen MR) is 92.2 cm³/mol. The maximum atomic E-state index is 7.06. The second-order valence-corrected chi connectivity index (χ2v) is 14.4. The summed E-state index contributed by atoms with van der Waals surface area (Å²) < 4.78 is 2.92. The molecule has 2 heteroatoms. The minimum atomic E-state index is -2.38. The summed E-state index contributed by atoms with van der Waals surface area (Å²) in [5.74, 6) is 0. The van der Waals surface area contributed by atoms with Gasteiger partial charge in [-0.05, 0) is 0 Å². The van der Waals surface area contributed by atoms with E-state index in [9.17, 15) is 0 Å². The van der Waals surface area contributed by atoms with Crippen molar-refractivity contribution in [3.05, 3.63) is 57.6 Å². The van der Waals surface area contributed by atoms with Crippen LogP contribution in [0, 0.1) is 41.5 Å². The first-order valence-corrected chi connectivity index (χ1v) is 14.7. The molecule has 2 aromatic carbocycles. The second-order valence-electron chi connectivity index (χ2n) is 5.78. The van der Waals surface area contributed by atoms with Gasteiger partial charge in [0.25, 0.3) is 0 Å². The van der Waals surface area contributed by atoms with E-state index in [4.69, 9.17) is 8.51 Å². The molecule has 0 fully saturated rings. The van der Waals surface area contributed by atoms with Crippen LogP contribution in [0.3, 0.4) is 0 Å². The molecule has 0 nitrogen and oxygen atoms in total. The van der Waals surface area contributed by atoms with Crippen molar-refractivity contribution in [3.63, 3.8) is 0 Å². The van der Waals surface area contributed by atoms with Crippen molar-refractivity contribution >= 4 is 35.6 Å². The number of benzene rings is 2. The molecule has 2 aromatic rings. The van der Waals surface area contributed by atoms with Crippen molar-refractivity contribution in [2.24, 2.45) is 0 Å². The Kier molecular flexibility index (Phi) is 4.93. The summed E-state index contributed by atoms with van der Waals surface area (Å²) in [6.45, 7) is 13.1. The van der Waals surface area contributed by atoms with Crippen LogP contribution in [0.2, 0.25) is 0 Å². The molecule has 0 amide bonds. The van der Waals surface area contributed by atoms with Gasteiger partial charge in [-0.2, -0.15) is 0 Å². The van der Waals surface area contributed by atoms with Crippen molar-refractivity contribution in [3.8, 4) is 0 Å². The van der Waals surface area contributed by atoms with Crippen molar-refractivity contribution in [1.82, 2.24) is 0 Å². The van der Waals surface area contributed by atoms with E-state index < -0.39 is 20.6 Å². The van der Waals surface area contributed by atoms with Gasteiger partial charge in [-0.25, -0.2) is 0 Å². The van der Waals surface area contributed by atoms with Crippen LogP contribution in [0.15, 0.2) is 24.3 Å². The normalized spacial score (nSPS) is 11.2. The molecular formula is C18H22BiCl. The van der Waals surface area contributed by atoms with E-state index in [-0.39, 0.29) is 0 Å². The number of hydrogen-bond donors (Lipinski definition) is 0. The molecule has 0 aliphatic rings. The Labute approximate surface area is 134 Å². The van der Waals surface area contributed by atoms with Crippen molar-refractivity contribution in [2.45, 2.75) is 41.5 Å². The van der Waals surface area contributed by atoms with Crippen LogP contribution >= 0.6 is 8.51 Å². The summed E-state index contributed by atoms with van der Waals surface area (Å²) in [5.41, 5.74) is 8.14. The van der Waals surface area contributed by atoms with E-state index in [1.807, 2.05) is 0 Å². The molecule has 0 atom stereocenters. The van der Waals surface area contributed by atoms with Gasteiger partial charge >= 0.3 is 135 Å². The maximum absolute atomic E-state index is 7.06. The molecule has 0 aliphatic carbocycles. The van der Waals surface area contributed by atoms with Gasteiger partial charge in [-0.3, -0.25) is 0 Å². The van der Waals surface area contributed by atoms with Crippen LogP contribution in [-0.4, -0.2) is 20.6 Å². The Hall–Kier alpha value is -0.387. The zero-order valence-electron chi connectivity index (χ0n) is 13.1. The van der Waals surface area contributed by atoms with E-state index in [0.717, 1.165) is 0 Å². The third-order valence-electron chi connectivity index (χ3n) is 3.66. The zero-order chi connectivity index (χ0) is 15.0. The first-order valence-electron chi connectivity index (χ1n) is 6.93. The Bertz CT molecular complexity index is 555. The van der Waals surface area contributed by atoms with Gasteiger partial charge in [-0.1, -0.05) is 0 Å². The standard InChI is InChI=1S/2C9H11.Bi.ClH/c2*1-7-4-8(2)6-9(3)5-7;;/h2*4-5H,1-3H3;;1H/q;;+1;/p-1. The molecule has 0 aromatic heterocycles. The predicted octanol–water partition coefficient (Wildman–Crippen LogP) is 3.88. The van der Waals surface area contributed by atoms with Gasteiger partial charge in [0.15, 0.2) is 0 Å². The van der Waals surface area contributed by atoms with E-state index in [1.54, 1.807) is 0 Å². The molecule has 0 saturated carbocycles. The van der Waals surface area contributed by atoms with E-state index in [1.165, 1.54) is 39.9 Å². The third kappa shape index (κ3) is 3.10. The molecule has 0 unspecified atom stereocenters. The molecule has 20 heavy (non-hydrogen) atoms. The van der Waals surface area contributed by atoms with Crippen LogP contribution in [0.25, 0.3) is 0 Å². The summed E-state index contributed by atoms with van der Waals surface area (Å²) >= 11 is -2.38. The van der Waals surface area contributed by atoms with Crippen LogP contribution < -0.4 is 6.54 Å². The molecule has 0 N–H and O–H groups in total. The molecule has 0 aliphatic heterocycles. The molecule has 0 saturated heterocycles. The van der Waals surface area contributed by atoms with E-state index in [2.05, 4.69) is 65.8 Å². The van der Waals surface area contributed by atoms with Gasteiger partial charge in [0.05, 0.1) is 0 Å². The van der Waals surface area contributed by atoms with E-state index >= 15 is 0 Å². The van der Waals surface area contributed by atoms with Crippen LogP contribution in [0.5, 0.6) is 0 Å². The molecule has 0 bridgehead atoms. The Morgan fingerprint density at radius 2 is 0.850 bits per heavy atom. The molecule has 0 heterocycles. The Morgan fingerprint density at radius 3 is 1.10 bits per heavy atom. The summed E-state index contributed by atoms with van der Waals surface area (Å²) in [4.78, 5) is 0. The van der Waals surface area contributed by atoms with Crippen molar-refractivity contribution in [1.29, 1.82) is 0 Å². The number of halogens is 1. The van der Waals surface area contributed by atoms with Gasteiger partial charge in [-0.15, -0.1) is 0 Å². The SMILES string of the molecule is Cc1cc(C)[c]([Bi]([Cl])[c]2c(C)cc(C)cc2C)c(C)c1. The molecule has 2 rings (SSSR count). The first-order chi connectivity index (χ1) is 9.31. The Balaban J connectivity index is 2.61. The number of hydrogen-bond acceptors (Lipinski definition) is 0. The summed E-state index contributed by atoms with van der Waals surface area (Å²) in [5, 5.41) is 0. The second kappa shape index (κ2) is 6.16. The number of rotatable bonds is 2. The van der Waals surface area contributed by atoms with Crippen LogP contribution in [-0.2, 0) is 0 Å². The van der Waals surface area contributed by atoms with Crippen molar-refractivity contribution < 1.29 is 0 Å². The average Bonchev–Trinajstić information content (AvgIpc) is 2.25. The third-order valence-corrected chi connectivity index (χ3v) is 15.2. The van der Waals surface area contributed by atoms with Crippen molar-refractivity contribution in [2.75, 3.05) is 0 Å². The topological polar surface area (TPSA) is 0 Å². The van der Waals surface area contributed by atoms with Crippen LogP contribution in [0.1, 0.15) is 33.4 Å². The van der Waals surface area contributed by atoms with Gasteiger partial charge in [0.2, 0.25) is 0 Å². The summed E-state index contributed by atoms with van der Waals surface area (Å²) in [6, 6.07) is 9.08. The Morgan fingerprint density at radius 1 is 0.600 bits per heavy atom. The number of aryl methyl sites for hydroxylation is 6. The first kappa shape index (κ1) is 16.0. The molecular weight excluding hydrogens is 461 g/mol. The molecule has 0 radical (unpaired) electrons. The van der Waals surface area contributed by atoms with Gasteiger partial charge in [0, 0.05) is 0 Å². The molecule has 0 spiro atoms. The summed E-state index contributed by atoms with van der Waals surface area (Å²) in [7, 11) is 7.06. The van der Waals surface area contributed by atoms with E-state index in [0.29, 0.717) is 0 Å². The minimum absolute atomic E-state index is 1.33. The summed E-state index contributed by atoms with van der Waals surface area (Å²) in [6.07, 6.45) is 0. The average molecular weight is 483 g/mol. The fourth-order valence-electron chi connectivity index (χ4n) is 3.08. The monoisotopic (exact) mass is 482 g/mol. The quantitative estimate of drug-likeness (QED) is 0.570. The molecule has 106 valence electrons. The van der Waals surface area contributed by atoms with Crippen LogP contribution in [0.4, 0.5) is 0 Å². The zero-order valence-corrected chi connectivity index (χ0v) is 17.4. The fourth-order valence-corrected chi connectivity index (χ4v) is 14.4. The van der Waals surface area contributed by atoms with Gasteiger partial charge in [0.1, 0.15) is 0 Å². The fraction of sp³-hybridized carbons (Fsp3) is 0.333. The van der Waals surface area contributed by atoms with Gasteiger partial charge < -0.3 is 0 Å².